The highest BCUT2D eigenvalue weighted by Gasteiger charge is 2.22. The van der Waals surface area contributed by atoms with E-state index in [4.69, 9.17) is 0 Å². The summed E-state index contributed by atoms with van der Waals surface area (Å²) < 4.78 is 5.22. The Kier molecular flexibility index (Phi) is 8.28. The van der Waals surface area contributed by atoms with Gasteiger partial charge in [0.05, 0.1) is 5.69 Å². The highest BCUT2D eigenvalue weighted by Crippen LogP contribution is 2.49. The molecule has 0 fully saturated rings. The number of rotatable bonds is 7. The first-order valence-electron chi connectivity index (χ1n) is 19.3. The van der Waals surface area contributed by atoms with Gasteiger partial charge in [-0.05, 0) is 93.5 Å². The second-order valence-corrected chi connectivity index (χ2v) is 16.6. The van der Waals surface area contributed by atoms with Crippen molar-refractivity contribution in [2.45, 2.75) is 0 Å². The Morgan fingerprint density at radius 2 is 0.719 bits per heavy atom. The maximum absolute atomic E-state index is 2.45. The molecule has 0 aliphatic carbocycles. The molecule has 268 valence electrons. The summed E-state index contributed by atoms with van der Waals surface area (Å²) in [5, 5.41) is 5.22. The largest absolute Gasteiger partial charge is 0.310 e. The first-order valence-corrected chi connectivity index (χ1v) is 21.0. The fourth-order valence-corrected chi connectivity index (χ4v) is 10.7. The molecule has 0 atom stereocenters. The molecule has 1 nitrogen and oxygen atoms in total. The lowest BCUT2D eigenvalue weighted by Crippen LogP contribution is -2.11. The van der Waals surface area contributed by atoms with Gasteiger partial charge in [0, 0.05) is 57.3 Å². The molecule has 3 heteroatoms. The Morgan fingerprint density at radius 1 is 0.281 bits per heavy atom. The lowest BCUT2D eigenvalue weighted by molar-refractivity contribution is 1.29. The molecule has 11 rings (SSSR count). The molecule has 9 aromatic carbocycles. The minimum Gasteiger partial charge on any atom is -0.310 e. The molecule has 0 aliphatic heterocycles. The van der Waals surface area contributed by atoms with Gasteiger partial charge in [0.2, 0.25) is 0 Å². The SMILES string of the molecule is c1ccc(-c2ccc(-c3c(N(c4ccc(-c5ccccc5)cc4)c4ccc(-c5cccc6sc7ccccc7c56)cc4)ccc4sc5ccccc5c34)cc2)cc1. The molecule has 11 aromatic rings. The van der Waals surface area contributed by atoms with Crippen LogP contribution in [0.3, 0.4) is 0 Å². The minimum absolute atomic E-state index is 1.11. The molecule has 0 N–H and O–H groups in total. The van der Waals surface area contributed by atoms with Gasteiger partial charge in [0.25, 0.3) is 0 Å². The molecule has 0 aliphatic rings. The molecular weight excluding hydrogens is 727 g/mol. The van der Waals surface area contributed by atoms with Crippen molar-refractivity contribution >= 4 is 80.1 Å². The number of benzene rings is 9. The van der Waals surface area contributed by atoms with Gasteiger partial charge >= 0.3 is 0 Å². The predicted molar refractivity (Wildman–Crippen MR) is 249 cm³/mol. The highest BCUT2D eigenvalue weighted by atomic mass is 32.1. The fraction of sp³-hybridized carbons (Fsp3) is 0. The van der Waals surface area contributed by atoms with Crippen molar-refractivity contribution in [1.29, 1.82) is 0 Å². The van der Waals surface area contributed by atoms with E-state index in [0.717, 1.165) is 17.1 Å². The molecule has 2 aromatic heterocycles. The van der Waals surface area contributed by atoms with Crippen LogP contribution in [0, 0.1) is 0 Å². The molecular formula is C54H35NS2. The summed E-state index contributed by atoms with van der Waals surface area (Å²) >= 11 is 3.73. The summed E-state index contributed by atoms with van der Waals surface area (Å²) in [4.78, 5) is 2.45. The van der Waals surface area contributed by atoms with Crippen LogP contribution in [0.15, 0.2) is 212 Å². The Morgan fingerprint density at radius 3 is 1.32 bits per heavy atom. The van der Waals surface area contributed by atoms with E-state index < -0.39 is 0 Å². The minimum atomic E-state index is 1.11. The van der Waals surface area contributed by atoms with Crippen LogP contribution in [-0.2, 0) is 0 Å². The van der Waals surface area contributed by atoms with Gasteiger partial charge in [-0.2, -0.15) is 0 Å². The van der Waals surface area contributed by atoms with E-state index in [-0.39, 0.29) is 0 Å². The molecule has 0 bridgehead atoms. The monoisotopic (exact) mass is 761 g/mol. The van der Waals surface area contributed by atoms with Gasteiger partial charge in [0.1, 0.15) is 0 Å². The zero-order valence-electron chi connectivity index (χ0n) is 31.0. The summed E-state index contributed by atoms with van der Waals surface area (Å²) in [5.74, 6) is 0. The van der Waals surface area contributed by atoms with Gasteiger partial charge in [0.15, 0.2) is 0 Å². The molecule has 0 unspecified atom stereocenters. The van der Waals surface area contributed by atoms with Crippen LogP contribution >= 0.6 is 22.7 Å². The Balaban J connectivity index is 1.12. The molecule has 0 spiro atoms. The fourth-order valence-electron chi connectivity index (χ4n) is 8.41. The van der Waals surface area contributed by atoms with Crippen molar-refractivity contribution in [3.63, 3.8) is 0 Å². The predicted octanol–water partition coefficient (Wildman–Crippen LogP) is 16.6. The Labute approximate surface area is 340 Å². The number of hydrogen-bond donors (Lipinski definition) is 0. The van der Waals surface area contributed by atoms with Crippen molar-refractivity contribution in [3.05, 3.63) is 212 Å². The number of anilines is 3. The lowest BCUT2D eigenvalue weighted by atomic mass is 9.94. The van der Waals surface area contributed by atoms with Gasteiger partial charge in [-0.1, -0.05) is 158 Å². The van der Waals surface area contributed by atoms with Crippen LogP contribution in [0.2, 0.25) is 0 Å². The molecule has 0 saturated carbocycles. The molecule has 0 saturated heterocycles. The first kappa shape index (κ1) is 33.5. The molecule has 0 amide bonds. The van der Waals surface area contributed by atoms with E-state index in [1.807, 2.05) is 22.7 Å². The Bertz CT molecular complexity index is 3200. The van der Waals surface area contributed by atoms with Crippen molar-refractivity contribution in [2.75, 3.05) is 4.90 Å². The van der Waals surface area contributed by atoms with Crippen LogP contribution in [0.1, 0.15) is 0 Å². The van der Waals surface area contributed by atoms with Crippen LogP contribution in [0.5, 0.6) is 0 Å². The number of thiophene rings is 2. The summed E-state index contributed by atoms with van der Waals surface area (Å²) in [6.45, 7) is 0. The molecule has 57 heavy (non-hydrogen) atoms. The van der Waals surface area contributed by atoms with Crippen molar-refractivity contribution in [1.82, 2.24) is 0 Å². The molecule has 2 heterocycles. The normalized spacial score (nSPS) is 11.5. The zero-order valence-corrected chi connectivity index (χ0v) is 32.6. The van der Waals surface area contributed by atoms with Gasteiger partial charge in [-0.15, -0.1) is 22.7 Å². The third-order valence-electron chi connectivity index (χ3n) is 11.1. The summed E-state index contributed by atoms with van der Waals surface area (Å²) in [6, 6.07) is 77.6. The lowest BCUT2D eigenvalue weighted by Gasteiger charge is -2.29. The quantitative estimate of drug-likeness (QED) is 0.156. The first-order chi connectivity index (χ1) is 28.3. The zero-order chi connectivity index (χ0) is 37.7. The van der Waals surface area contributed by atoms with Crippen LogP contribution in [0.25, 0.3) is 84.9 Å². The number of nitrogens with zero attached hydrogens (tertiary/aromatic N) is 1. The van der Waals surface area contributed by atoms with Crippen LogP contribution in [0.4, 0.5) is 17.1 Å². The third-order valence-corrected chi connectivity index (χ3v) is 13.4. The average Bonchev–Trinajstić information content (AvgIpc) is 3.86. The van der Waals surface area contributed by atoms with E-state index in [9.17, 15) is 0 Å². The van der Waals surface area contributed by atoms with Gasteiger partial charge in [-0.25, -0.2) is 0 Å². The van der Waals surface area contributed by atoms with Crippen molar-refractivity contribution in [2.24, 2.45) is 0 Å². The van der Waals surface area contributed by atoms with Gasteiger partial charge in [-0.3, -0.25) is 0 Å². The maximum atomic E-state index is 2.45. The molecule has 0 radical (unpaired) electrons. The van der Waals surface area contributed by atoms with Crippen molar-refractivity contribution in [3.8, 4) is 44.5 Å². The van der Waals surface area contributed by atoms with E-state index in [2.05, 4.69) is 217 Å². The Hall–Kier alpha value is -6.78. The topological polar surface area (TPSA) is 3.24 Å². The van der Waals surface area contributed by atoms with E-state index in [1.165, 1.54) is 84.9 Å². The maximum Gasteiger partial charge on any atom is 0.0547 e. The standard InChI is InChI=1S/C54H35NS2/c1-3-12-36(13-4-1)38-22-24-41(25-23-38)52-47(34-35-51-54(52)46-17-8-10-20-49(46)57-51)55(42-30-26-39(27-31-42)37-14-5-2-6-15-37)43-32-28-40(29-33-43)44-18-11-21-50-53(44)45-16-7-9-19-48(45)56-50/h1-35H. The number of fused-ring (bicyclic) bond motifs is 6. The van der Waals surface area contributed by atoms with Crippen molar-refractivity contribution < 1.29 is 0 Å². The van der Waals surface area contributed by atoms with Gasteiger partial charge < -0.3 is 4.90 Å². The summed E-state index contributed by atoms with van der Waals surface area (Å²) in [7, 11) is 0. The highest BCUT2D eigenvalue weighted by molar-refractivity contribution is 7.26. The van der Waals surface area contributed by atoms with Crippen LogP contribution < -0.4 is 4.90 Å². The number of hydrogen-bond acceptors (Lipinski definition) is 3. The summed E-state index contributed by atoms with van der Waals surface area (Å²) in [5.41, 5.74) is 13.1. The second-order valence-electron chi connectivity index (χ2n) is 14.4. The smallest absolute Gasteiger partial charge is 0.0547 e. The van der Waals surface area contributed by atoms with Crippen LogP contribution in [-0.4, -0.2) is 0 Å². The van der Waals surface area contributed by atoms with E-state index >= 15 is 0 Å². The summed E-state index contributed by atoms with van der Waals surface area (Å²) in [6.07, 6.45) is 0. The van der Waals surface area contributed by atoms with E-state index in [0.29, 0.717) is 0 Å². The third kappa shape index (κ3) is 5.91. The second kappa shape index (κ2) is 14.1. The average molecular weight is 762 g/mol. The van der Waals surface area contributed by atoms with E-state index in [1.54, 1.807) is 0 Å².